The van der Waals surface area contributed by atoms with Crippen molar-refractivity contribution in [2.24, 2.45) is 0 Å². The molecule has 31 heavy (non-hydrogen) atoms. The van der Waals surface area contributed by atoms with Crippen LogP contribution < -0.4 is 0 Å². The molecule has 1 unspecified atom stereocenters. The molecule has 0 aliphatic carbocycles. The molecular formula is C22H25N5O3S. The first-order valence-corrected chi connectivity index (χ1v) is 12.2. The van der Waals surface area contributed by atoms with E-state index in [1.54, 1.807) is 23.1 Å². The summed E-state index contributed by atoms with van der Waals surface area (Å²) in [6.45, 7) is 2.27. The number of carbonyl (C=O) groups excluding carboxylic acids is 1. The third-order valence-corrected chi connectivity index (χ3v) is 8.09. The number of hydrogen-bond acceptors (Lipinski definition) is 5. The van der Waals surface area contributed by atoms with Crippen LogP contribution in [0.3, 0.4) is 0 Å². The van der Waals surface area contributed by atoms with Gasteiger partial charge in [-0.1, -0.05) is 12.1 Å². The summed E-state index contributed by atoms with van der Waals surface area (Å²) in [7, 11) is -3.55. The van der Waals surface area contributed by atoms with Crippen molar-refractivity contribution in [3.05, 3.63) is 60.0 Å². The van der Waals surface area contributed by atoms with Crippen LogP contribution >= 0.6 is 0 Å². The number of piperidine rings is 1. The van der Waals surface area contributed by atoms with Gasteiger partial charge in [-0.15, -0.1) is 10.2 Å². The Morgan fingerprint density at radius 3 is 2.65 bits per heavy atom. The Morgan fingerprint density at radius 1 is 0.968 bits per heavy atom. The first-order valence-electron chi connectivity index (χ1n) is 10.7. The molecule has 0 N–H and O–H groups in total. The van der Waals surface area contributed by atoms with Gasteiger partial charge in [-0.2, -0.15) is 4.31 Å². The second-order valence-corrected chi connectivity index (χ2v) is 10.2. The number of nitrogens with zero attached hydrogens (tertiary/aromatic N) is 5. The minimum Gasteiger partial charge on any atom is -0.338 e. The van der Waals surface area contributed by atoms with E-state index in [2.05, 4.69) is 10.2 Å². The van der Waals surface area contributed by atoms with Crippen LogP contribution in [0.5, 0.6) is 0 Å². The third kappa shape index (κ3) is 3.72. The van der Waals surface area contributed by atoms with Gasteiger partial charge in [-0.3, -0.25) is 9.20 Å². The van der Waals surface area contributed by atoms with Crippen LogP contribution in [0.4, 0.5) is 0 Å². The van der Waals surface area contributed by atoms with E-state index in [0.717, 1.165) is 37.2 Å². The van der Waals surface area contributed by atoms with Crippen LogP contribution in [0.25, 0.3) is 5.65 Å². The fourth-order valence-electron chi connectivity index (χ4n) is 4.56. The number of sulfonamides is 1. The number of rotatable bonds is 4. The van der Waals surface area contributed by atoms with E-state index in [-0.39, 0.29) is 16.7 Å². The molecule has 2 fully saturated rings. The van der Waals surface area contributed by atoms with Gasteiger partial charge in [0.2, 0.25) is 10.0 Å². The van der Waals surface area contributed by atoms with Crippen molar-refractivity contribution in [3.8, 4) is 0 Å². The number of aromatic nitrogens is 3. The number of likely N-dealkylation sites (tertiary alicyclic amines) is 1. The smallest absolute Gasteiger partial charge is 0.253 e. The van der Waals surface area contributed by atoms with Gasteiger partial charge in [0.05, 0.1) is 4.90 Å². The summed E-state index contributed by atoms with van der Waals surface area (Å²) in [5.41, 5.74) is 1.20. The maximum absolute atomic E-state index is 13.3. The molecule has 0 bridgehead atoms. The molecule has 0 saturated carbocycles. The summed E-state index contributed by atoms with van der Waals surface area (Å²) in [6, 6.07) is 12.2. The summed E-state index contributed by atoms with van der Waals surface area (Å²) < 4.78 is 29.3. The second kappa shape index (κ2) is 8.05. The Hall–Kier alpha value is -2.78. The maximum atomic E-state index is 13.3. The largest absolute Gasteiger partial charge is 0.338 e. The zero-order valence-corrected chi connectivity index (χ0v) is 18.0. The highest BCUT2D eigenvalue weighted by Crippen LogP contribution is 2.28. The fraction of sp³-hybridized carbons (Fsp3) is 0.409. The lowest BCUT2D eigenvalue weighted by Crippen LogP contribution is -2.39. The van der Waals surface area contributed by atoms with Gasteiger partial charge in [-0.25, -0.2) is 8.42 Å². The first-order chi connectivity index (χ1) is 15.0. The van der Waals surface area contributed by atoms with Crippen LogP contribution in [0.15, 0.2) is 53.6 Å². The summed E-state index contributed by atoms with van der Waals surface area (Å²) in [4.78, 5) is 15.3. The number of carbonyl (C=O) groups is 1. The molecule has 2 aromatic heterocycles. The molecule has 1 amide bonds. The van der Waals surface area contributed by atoms with E-state index >= 15 is 0 Å². The van der Waals surface area contributed by atoms with Gasteiger partial charge in [-0.05, 0) is 56.0 Å². The summed E-state index contributed by atoms with van der Waals surface area (Å²) in [5.74, 6) is 0.807. The number of fused-ring (bicyclic) bond motifs is 1. The topological polar surface area (TPSA) is 87.9 Å². The Labute approximate surface area is 181 Å². The lowest BCUT2D eigenvalue weighted by atomic mass is 9.96. The molecule has 4 heterocycles. The molecule has 0 radical (unpaired) electrons. The van der Waals surface area contributed by atoms with Gasteiger partial charge in [0.25, 0.3) is 5.91 Å². The molecule has 1 atom stereocenters. The maximum Gasteiger partial charge on any atom is 0.253 e. The number of amides is 1. The van der Waals surface area contributed by atoms with E-state index in [0.29, 0.717) is 31.7 Å². The lowest BCUT2D eigenvalue weighted by molar-refractivity contribution is 0.0704. The van der Waals surface area contributed by atoms with Crippen LogP contribution in [0, 0.1) is 0 Å². The van der Waals surface area contributed by atoms with Crippen molar-refractivity contribution in [2.45, 2.75) is 36.5 Å². The fourth-order valence-corrected chi connectivity index (χ4v) is 6.12. The molecule has 2 aliphatic rings. The highest BCUT2D eigenvalue weighted by Gasteiger charge is 2.30. The molecule has 2 aliphatic heterocycles. The summed E-state index contributed by atoms with van der Waals surface area (Å²) in [5, 5.41) is 8.60. The quantitative estimate of drug-likeness (QED) is 0.623. The summed E-state index contributed by atoms with van der Waals surface area (Å²) in [6.07, 6.45) is 5.50. The van der Waals surface area contributed by atoms with Crippen molar-refractivity contribution in [1.29, 1.82) is 0 Å². The first kappa shape index (κ1) is 20.1. The minimum absolute atomic E-state index is 0.0895. The van der Waals surface area contributed by atoms with E-state index in [4.69, 9.17) is 0 Å². The standard InChI is InChI=1S/C22H25N5O3S/c28-22(17-7-5-9-19(15-17)31(29,30)26-12-3-4-13-26)25-11-6-8-18(16-25)21-24-23-20-10-1-2-14-27(20)21/h1-2,5,7,9-10,14-15,18H,3-4,6,8,11-13,16H2. The van der Waals surface area contributed by atoms with Gasteiger partial charge < -0.3 is 4.90 Å². The molecule has 162 valence electrons. The minimum atomic E-state index is -3.55. The number of hydrogen-bond donors (Lipinski definition) is 0. The Morgan fingerprint density at radius 2 is 1.81 bits per heavy atom. The molecule has 3 aromatic rings. The van der Waals surface area contributed by atoms with Crippen LogP contribution in [0.1, 0.15) is 47.8 Å². The highest BCUT2D eigenvalue weighted by atomic mass is 32.2. The predicted octanol–water partition coefficient (Wildman–Crippen LogP) is 2.53. The van der Waals surface area contributed by atoms with Crippen molar-refractivity contribution in [3.63, 3.8) is 0 Å². The average molecular weight is 440 g/mol. The van der Waals surface area contributed by atoms with Gasteiger partial charge in [0, 0.05) is 43.9 Å². The monoisotopic (exact) mass is 439 g/mol. The van der Waals surface area contributed by atoms with Crippen LogP contribution in [-0.2, 0) is 10.0 Å². The number of benzene rings is 1. The SMILES string of the molecule is O=C(c1cccc(S(=O)(=O)N2CCCC2)c1)N1CCCC(c2nnc3ccccn23)C1. The third-order valence-electron chi connectivity index (χ3n) is 6.20. The van der Waals surface area contributed by atoms with Crippen molar-refractivity contribution < 1.29 is 13.2 Å². The van der Waals surface area contributed by atoms with Crippen LogP contribution in [0.2, 0.25) is 0 Å². The zero-order valence-electron chi connectivity index (χ0n) is 17.2. The van der Waals surface area contributed by atoms with E-state index < -0.39 is 10.0 Å². The second-order valence-electron chi connectivity index (χ2n) is 8.22. The Balaban J connectivity index is 1.38. The molecule has 2 saturated heterocycles. The molecule has 1 aromatic carbocycles. The van der Waals surface area contributed by atoms with Crippen molar-refractivity contribution in [1.82, 2.24) is 23.8 Å². The van der Waals surface area contributed by atoms with Gasteiger partial charge in [0.1, 0.15) is 5.82 Å². The molecule has 0 spiro atoms. The van der Waals surface area contributed by atoms with E-state index in [1.807, 2.05) is 28.8 Å². The van der Waals surface area contributed by atoms with E-state index in [1.165, 1.54) is 10.4 Å². The summed E-state index contributed by atoms with van der Waals surface area (Å²) >= 11 is 0. The van der Waals surface area contributed by atoms with Gasteiger partial charge in [0.15, 0.2) is 5.65 Å². The molecular weight excluding hydrogens is 414 g/mol. The normalized spacial score (nSPS) is 20.4. The highest BCUT2D eigenvalue weighted by molar-refractivity contribution is 7.89. The molecule has 9 heteroatoms. The van der Waals surface area contributed by atoms with Crippen molar-refractivity contribution >= 4 is 21.6 Å². The van der Waals surface area contributed by atoms with E-state index in [9.17, 15) is 13.2 Å². The Kier molecular flexibility index (Phi) is 5.23. The van der Waals surface area contributed by atoms with Gasteiger partial charge >= 0.3 is 0 Å². The van der Waals surface area contributed by atoms with Crippen molar-refractivity contribution in [2.75, 3.05) is 26.2 Å². The zero-order chi connectivity index (χ0) is 21.4. The number of pyridine rings is 1. The predicted molar refractivity (Wildman–Crippen MR) is 115 cm³/mol. The lowest BCUT2D eigenvalue weighted by Gasteiger charge is -2.32. The Bertz CT molecular complexity index is 1220. The molecule has 5 rings (SSSR count). The van der Waals surface area contributed by atoms with Crippen LogP contribution in [-0.4, -0.2) is 64.3 Å². The molecule has 8 nitrogen and oxygen atoms in total. The average Bonchev–Trinajstić information content (AvgIpc) is 3.49.